The molecule has 3 aromatic carbocycles. The standard InChI is InChI=1S/C13H10.C10H14O.C9H13.2ClH.Ti/c1-3-7-12(8-4-1)11-13-9-5-2-6-10-13;1-10(2,3)8-5-4-6-9(11)7-8;1-9(2,3)8-6-4-5-7-8;;;/h1-10H;4-7,11H,1-3H3;4,6H,5H2,1-3H3;2*1H;/q;;-1;;;+1. The van der Waals surface area contributed by atoms with Crippen LogP contribution in [0.4, 0.5) is 0 Å². The number of rotatable bonds is 2. The van der Waals surface area contributed by atoms with E-state index in [0.717, 1.165) is 12.0 Å². The summed E-state index contributed by atoms with van der Waals surface area (Å²) < 4.78 is 1.33. The van der Waals surface area contributed by atoms with Crippen molar-refractivity contribution in [3.63, 3.8) is 0 Å². The van der Waals surface area contributed by atoms with E-state index in [4.69, 9.17) is 0 Å². The minimum absolute atomic E-state index is 0. The van der Waals surface area contributed by atoms with Gasteiger partial charge in [-0.1, -0.05) is 53.7 Å². The Morgan fingerprint density at radius 3 is 1.53 bits per heavy atom. The number of hydrogen-bond acceptors (Lipinski definition) is 1. The van der Waals surface area contributed by atoms with Gasteiger partial charge >= 0.3 is 95.6 Å². The number of aromatic hydroxyl groups is 1. The third-order valence-electron chi connectivity index (χ3n) is 5.34. The average molecular weight is 558 g/mol. The second-order valence-corrected chi connectivity index (χ2v) is 11.1. The van der Waals surface area contributed by atoms with Crippen molar-refractivity contribution in [2.75, 3.05) is 0 Å². The Kier molecular flexibility index (Phi) is 15.2. The topological polar surface area (TPSA) is 20.2 Å². The van der Waals surface area contributed by atoms with Crippen LogP contribution in [0.2, 0.25) is 0 Å². The van der Waals surface area contributed by atoms with Crippen LogP contribution in [-0.4, -0.2) is 8.92 Å². The first-order chi connectivity index (χ1) is 16.0. The Morgan fingerprint density at radius 1 is 0.722 bits per heavy atom. The second-order valence-electron chi connectivity index (χ2n) is 10.4. The van der Waals surface area contributed by atoms with Crippen molar-refractivity contribution in [3.8, 4) is 5.75 Å². The van der Waals surface area contributed by atoms with E-state index in [1.165, 1.54) is 20.5 Å². The molecular formula is C32H39Cl2OTi. The molecule has 4 rings (SSSR count). The number of phenolic OH excluding ortho intramolecular Hbond substituents is 1. The first-order valence-electron chi connectivity index (χ1n) is 11.8. The van der Waals surface area contributed by atoms with Crippen LogP contribution < -0.4 is 0 Å². The van der Waals surface area contributed by atoms with Crippen molar-refractivity contribution >= 4 is 28.6 Å². The van der Waals surface area contributed by atoms with E-state index in [2.05, 4.69) is 128 Å². The maximum atomic E-state index is 9.18. The summed E-state index contributed by atoms with van der Waals surface area (Å²) in [5.41, 5.74) is 5.52. The van der Waals surface area contributed by atoms with Gasteiger partial charge in [0.2, 0.25) is 0 Å². The minimum atomic E-state index is 0. The van der Waals surface area contributed by atoms with Crippen LogP contribution in [0.5, 0.6) is 5.75 Å². The molecule has 3 aromatic rings. The summed E-state index contributed by atoms with van der Waals surface area (Å²) in [6.07, 6.45) is 8.63. The molecule has 36 heavy (non-hydrogen) atoms. The Bertz CT molecular complexity index is 1060. The van der Waals surface area contributed by atoms with E-state index in [0.29, 0.717) is 11.2 Å². The molecule has 0 saturated heterocycles. The van der Waals surface area contributed by atoms with Crippen molar-refractivity contribution in [3.05, 3.63) is 125 Å². The summed E-state index contributed by atoms with van der Waals surface area (Å²) >= 11 is 2.16. The van der Waals surface area contributed by atoms with Gasteiger partial charge in [-0.25, -0.2) is 11.6 Å². The zero-order valence-electron chi connectivity index (χ0n) is 22.2. The van der Waals surface area contributed by atoms with Gasteiger partial charge in [0, 0.05) is 0 Å². The molecule has 0 spiro atoms. The van der Waals surface area contributed by atoms with E-state index >= 15 is 0 Å². The van der Waals surface area contributed by atoms with E-state index in [-0.39, 0.29) is 30.2 Å². The van der Waals surface area contributed by atoms with Crippen LogP contribution in [0.3, 0.4) is 0 Å². The van der Waals surface area contributed by atoms with E-state index in [1.807, 2.05) is 24.3 Å². The molecule has 0 heterocycles. The van der Waals surface area contributed by atoms with Crippen molar-refractivity contribution < 1.29 is 25.1 Å². The van der Waals surface area contributed by atoms with Gasteiger partial charge < -0.3 is 5.11 Å². The summed E-state index contributed by atoms with van der Waals surface area (Å²) in [7, 11) is 0. The molecule has 0 bridgehead atoms. The molecule has 0 fully saturated rings. The van der Waals surface area contributed by atoms with E-state index in [1.54, 1.807) is 12.1 Å². The molecule has 0 aliphatic heterocycles. The Balaban J connectivity index is 0.000000509. The molecule has 1 nitrogen and oxygen atoms in total. The third-order valence-corrected chi connectivity index (χ3v) is 6.24. The number of benzene rings is 3. The molecule has 191 valence electrons. The van der Waals surface area contributed by atoms with Crippen LogP contribution in [0, 0.1) is 11.5 Å². The Labute approximate surface area is 242 Å². The van der Waals surface area contributed by atoms with Crippen LogP contribution in [0.25, 0.3) is 0 Å². The van der Waals surface area contributed by atoms with Crippen molar-refractivity contribution in [2.45, 2.75) is 53.4 Å². The van der Waals surface area contributed by atoms with Crippen LogP contribution in [0.15, 0.2) is 103 Å². The fourth-order valence-electron chi connectivity index (χ4n) is 3.27. The van der Waals surface area contributed by atoms with Crippen molar-refractivity contribution in [1.82, 2.24) is 0 Å². The predicted octanol–water partition coefficient (Wildman–Crippen LogP) is 9.06. The molecule has 0 unspecified atom stereocenters. The van der Waals surface area contributed by atoms with Crippen molar-refractivity contribution in [1.29, 1.82) is 0 Å². The van der Waals surface area contributed by atoms with Gasteiger partial charge in [0.05, 0.1) is 0 Å². The quantitative estimate of drug-likeness (QED) is 0.246. The van der Waals surface area contributed by atoms with Gasteiger partial charge in [-0.05, 0) is 28.5 Å². The third kappa shape index (κ3) is 11.9. The number of allylic oxidation sites excluding steroid dienone is 4. The van der Waals surface area contributed by atoms with E-state index < -0.39 is 0 Å². The molecule has 0 amide bonds. The number of hydrogen-bond donors (Lipinski definition) is 1. The zero-order valence-corrected chi connectivity index (χ0v) is 25.4. The SMILES string of the molecule is CC(C)(C)C1=[C-]CC=C1.CC(C)(C)c1cccc(O)c1.Cl.Cl.[Ti+]=[C](c1ccccc1)c1ccccc1. The summed E-state index contributed by atoms with van der Waals surface area (Å²) in [6, 6.07) is 28.3. The first kappa shape index (κ1) is 34.1. The van der Waals surface area contributed by atoms with E-state index in [9.17, 15) is 5.11 Å². The fourth-order valence-corrected chi connectivity index (χ4v) is 3.79. The molecule has 1 aliphatic rings. The molecule has 0 aromatic heterocycles. The maximum absolute atomic E-state index is 9.18. The average Bonchev–Trinajstić information content (AvgIpc) is 3.36. The van der Waals surface area contributed by atoms with Crippen LogP contribution in [0.1, 0.15) is 64.7 Å². The van der Waals surface area contributed by atoms with Crippen LogP contribution in [-0.2, 0) is 25.4 Å². The van der Waals surface area contributed by atoms with Gasteiger partial charge in [-0.15, -0.1) is 31.2 Å². The molecule has 0 saturated carbocycles. The summed E-state index contributed by atoms with van der Waals surface area (Å²) in [5.74, 6) is 0.345. The normalized spacial score (nSPS) is 11.9. The molecule has 0 atom stereocenters. The fraction of sp³-hybridized carbons (Fsp3) is 0.281. The van der Waals surface area contributed by atoms with Gasteiger partial charge in [-0.2, -0.15) is 6.08 Å². The molecule has 0 radical (unpaired) electrons. The van der Waals surface area contributed by atoms with Crippen LogP contribution >= 0.6 is 24.8 Å². The van der Waals surface area contributed by atoms with Gasteiger partial charge in [-0.3, -0.25) is 6.08 Å². The molecule has 1 aliphatic carbocycles. The van der Waals surface area contributed by atoms with Crippen molar-refractivity contribution in [2.24, 2.45) is 5.41 Å². The predicted molar refractivity (Wildman–Crippen MR) is 157 cm³/mol. The summed E-state index contributed by atoms with van der Waals surface area (Å²) in [6.45, 7) is 13.0. The number of halogens is 2. The summed E-state index contributed by atoms with van der Waals surface area (Å²) in [4.78, 5) is 0. The molecule has 1 N–H and O–H groups in total. The summed E-state index contributed by atoms with van der Waals surface area (Å²) in [5, 5.41) is 9.18. The number of phenols is 1. The molecular weight excluding hydrogens is 519 g/mol. The monoisotopic (exact) mass is 557 g/mol. The Hall–Kier alpha value is -1.90. The zero-order chi connectivity index (χ0) is 25.2. The first-order valence-corrected chi connectivity index (χ1v) is 12.5. The Morgan fingerprint density at radius 2 is 1.22 bits per heavy atom. The van der Waals surface area contributed by atoms with Gasteiger partial charge in [0.15, 0.2) is 0 Å². The van der Waals surface area contributed by atoms with Gasteiger partial charge in [0.25, 0.3) is 0 Å². The molecule has 4 heteroatoms. The van der Waals surface area contributed by atoms with Gasteiger partial charge in [0.1, 0.15) is 5.75 Å². The second kappa shape index (κ2) is 16.1.